The Bertz CT molecular complexity index is 1340. The van der Waals surface area contributed by atoms with Gasteiger partial charge in [0.2, 0.25) is 0 Å². The molecule has 10 heteroatoms. The second kappa shape index (κ2) is 13.0. The van der Waals surface area contributed by atoms with Crippen molar-refractivity contribution in [2.45, 2.75) is 37.7 Å². The summed E-state index contributed by atoms with van der Waals surface area (Å²) in [7, 11) is 1.60. The van der Waals surface area contributed by atoms with Crippen molar-refractivity contribution in [3.63, 3.8) is 0 Å². The summed E-state index contributed by atoms with van der Waals surface area (Å²) >= 11 is 12.5. The molecule has 0 aromatic heterocycles. The van der Waals surface area contributed by atoms with Gasteiger partial charge in [-0.1, -0.05) is 47.5 Å². The predicted molar refractivity (Wildman–Crippen MR) is 164 cm³/mol. The molecule has 42 heavy (non-hydrogen) atoms. The van der Waals surface area contributed by atoms with Crippen LogP contribution in [0.25, 0.3) is 0 Å². The van der Waals surface area contributed by atoms with E-state index >= 15 is 0 Å². The first-order valence-corrected chi connectivity index (χ1v) is 14.9. The Morgan fingerprint density at radius 1 is 0.929 bits per heavy atom. The minimum absolute atomic E-state index is 0.123. The number of rotatable bonds is 9. The van der Waals surface area contributed by atoms with Crippen LogP contribution in [-0.4, -0.2) is 67.9 Å². The molecule has 2 atom stereocenters. The molecule has 3 aromatic rings. The molecular formula is C32H36Cl2N4O4. The van der Waals surface area contributed by atoms with Gasteiger partial charge < -0.3 is 19.2 Å². The quantitative estimate of drug-likeness (QED) is 0.331. The molecule has 8 nitrogen and oxygen atoms in total. The van der Waals surface area contributed by atoms with Gasteiger partial charge in [-0.3, -0.25) is 20.3 Å². The van der Waals surface area contributed by atoms with Crippen molar-refractivity contribution in [3.05, 3.63) is 93.5 Å². The van der Waals surface area contributed by atoms with Crippen molar-refractivity contribution in [2.75, 3.05) is 39.8 Å². The maximum atomic E-state index is 14.8. The van der Waals surface area contributed by atoms with Crippen LogP contribution < -0.4 is 20.1 Å². The number of nitrogens with one attached hydrogen (secondary N) is 2. The largest absolute Gasteiger partial charge is 0.497 e. The van der Waals surface area contributed by atoms with Crippen LogP contribution in [-0.2, 0) is 15.3 Å². The summed E-state index contributed by atoms with van der Waals surface area (Å²) in [5.74, 6) is 1.05. The van der Waals surface area contributed by atoms with Crippen molar-refractivity contribution in [3.8, 4) is 11.5 Å². The number of halogens is 2. The van der Waals surface area contributed by atoms with E-state index in [9.17, 15) is 9.59 Å². The van der Waals surface area contributed by atoms with Crippen molar-refractivity contribution in [1.29, 1.82) is 0 Å². The molecule has 2 aliphatic heterocycles. The van der Waals surface area contributed by atoms with E-state index in [0.29, 0.717) is 59.8 Å². The van der Waals surface area contributed by atoms with Gasteiger partial charge in [0.15, 0.2) is 5.66 Å². The van der Waals surface area contributed by atoms with Crippen molar-refractivity contribution >= 4 is 35.4 Å². The lowest BCUT2D eigenvalue weighted by Crippen LogP contribution is -2.62. The Labute approximate surface area is 256 Å². The first kappa shape index (κ1) is 30.3. The van der Waals surface area contributed by atoms with E-state index in [2.05, 4.69) is 10.6 Å². The second-order valence-electron chi connectivity index (χ2n) is 10.9. The number of carbonyl (C=O) groups excluding carboxylic acids is 2. The molecule has 1 amide bonds. The highest BCUT2D eigenvalue weighted by Gasteiger charge is 2.54. The number of hydrogen-bond donors (Lipinski definition) is 2. The standard InChI is InChI=1S/C32H36Cl2N4O4/c1-21(2)42-28-20-26(41-3)12-13-27(28)32(31(40)38-16-14-37(15-17-38)18-19-39)35-29(22-4-8-24(33)9-5-22)30(36-32)23-6-10-25(34)11-7-23/h4-13,19-21,29-30,35-36H,14-18H2,1-3H3. The summed E-state index contributed by atoms with van der Waals surface area (Å²) in [5, 5.41) is 8.73. The van der Waals surface area contributed by atoms with Gasteiger partial charge >= 0.3 is 0 Å². The summed E-state index contributed by atoms with van der Waals surface area (Å²) in [6.07, 6.45) is 0.759. The minimum atomic E-state index is -1.35. The monoisotopic (exact) mass is 610 g/mol. The number of ether oxygens (including phenoxy) is 2. The smallest absolute Gasteiger partial charge is 0.262 e. The van der Waals surface area contributed by atoms with E-state index in [1.165, 1.54) is 0 Å². The van der Waals surface area contributed by atoms with Gasteiger partial charge in [0.25, 0.3) is 5.91 Å². The Hall–Kier alpha value is -3.14. The average molecular weight is 612 g/mol. The van der Waals surface area contributed by atoms with E-state index in [1.54, 1.807) is 7.11 Å². The van der Waals surface area contributed by atoms with Gasteiger partial charge in [-0.15, -0.1) is 0 Å². The maximum Gasteiger partial charge on any atom is 0.262 e. The Morgan fingerprint density at radius 3 is 1.95 bits per heavy atom. The molecule has 2 N–H and O–H groups in total. The van der Waals surface area contributed by atoms with E-state index in [-0.39, 0.29) is 24.1 Å². The summed E-state index contributed by atoms with van der Waals surface area (Å²) in [5.41, 5.74) is 1.25. The number of carbonyl (C=O) groups is 2. The van der Waals surface area contributed by atoms with Gasteiger partial charge in [0, 0.05) is 47.9 Å². The fourth-order valence-electron chi connectivity index (χ4n) is 5.73. The molecule has 0 spiro atoms. The first-order chi connectivity index (χ1) is 20.2. The maximum absolute atomic E-state index is 14.8. The lowest BCUT2D eigenvalue weighted by Gasteiger charge is -2.40. The van der Waals surface area contributed by atoms with Gasteiger partial charge in [-0.2, -0.15) is 0 Å². The zero-order valence-electron chi connectivity index (χ0n) is 24.0. The van der Waals surface area contributed by atoms with E-state index in [0.717, 1.165) is 17.4 Å². The van der Waals surface area contributed by atoms with E-state index in [4.69, 9.17) is 32.7 Å². The molecule has 3 aromatic carbocycles. The lowest BCUT2D eigenvalue weighted by atomic mass is 9.95. The van der Waals surface area contributed by atoms with E-state index in [1.807, 2.05) is 90.4 Å². The molecule has 2 heterocycles. The topological polar surface area (TPSA) is 83.1 Å². The Kier molecular flexibility index (Phi) is 9.40. The van der Waals surface area contributed by atoms with Crippen LogP contribution in [0.1, 0.15) is 42.6 Å². The molecule has 2 unspecified atom stereocenters. The van der Waals surface area contributed by atoms with Gasteiger partial charge in [0.1, 0.15) is 17.8 Å². The molecule has 2 saturated heterocycles. The molecule has 0 aliphatic carbocycles. The first-order valence-electron chi connectivity index (χ1n) is 14.1. The van der Waals surface area contributed by atoms with Crippen LogP contribution in [0.4, 0.5) is 0 Å². The van der Waals surface area contributed by atoms with Crippen molar-refractivity contribution < 1.29 is 19.1 Å². The minimum Gasteiger partial charge on any atom is -0.497 e. The molecule has 0 saturated carbocycles. The molecule has 0 radical (unpaired) electrons. The molecule has 5 rings (SSSR count). The number of amides is 1. The summed E-state index contributed by atoms with van der Waals surface area (Å²) in [6.45, 7) is 6.46. The SMILES string of the molecule is COc1ccc(C2(C(=O)N3CCN(CC=O)CC3)NC(c3ccc(Cl)cc3)C(c3ccc(Cl)cc3)N2)c(OC(C)C)c1. The molecule has 222 valence electrons. The lowest BCUT2D eigenvalue weighted by molar-refractivity contribution is -0.141. The summed E-state index contributed by atoms with van der Waals surface area (Å²) in [4.78, 5) is 29.8. The van der Waals surface area contributed by atoms with Gasteiger partial charge in [-0.25, -0.2) is 0 Å². The molecule has 0 bridgehead atoms. The second-order valence-corrected chi connectivity index (χ2v) is 11.8. The fourth-order valence-corrected chi connectivity index (χ4v) is 5.98. The van der Waals surface area contributed by atoms with Crippen LogP contribution >= 0.6 is 23.2 Å². The predicted octanol–water partition coefficient (Wildman–Crippen LogP) is 4.96. The average Bonchev–Trinajstić information content (AvgIpc) is 3.39. The summed E-state index contributed by atoms with van der Waals surface area (Å²) < 4.78 is 11.8. The Balaban J connectivity index is 1.65. The highest BCUT2D eigenvalue weighted by molar-refractivity contribution is 6.30. The van der Waals surface area contributed by atoms with Crippen molar-refractivity contribution in [1.82, 2.24) is 20.4 Å². The van der Waals surface area contributed by atoms with Crippen LogP contribution in [0.2, 0.25) is 10.0 Å². The molecule has 2 fully saturated rings. The zero-order chi connectivity index (χ0) is 29.9. The number of benzene rings is 3. The Morgan fingerprint density at radius 2 is 1.48 bits per heavy atom. The van der Waals surface area contributed by atoms with Crippen LogP contribution in [0.5, 0.6) is 11.5 Å². The van der Waals surface area contributed by atoms with E-state index < -0.39 is 5.66 Å². The highest BCUT2D eigenvalue weighted by Crippen LogP contribution is 2.45. The number of aldehydes is 1. The van der Waals surface area contributed by atoms with Gasteiger partial charge in [-0.05, 0) is 61.4 Å². The fraction of sp³-hybridized carbons (Fsp3) is 0.375. The third-order valence-corrected chi connectivity index (χ3v) is 8.31. The number of hydrogen-bond acceptors (Lipinski definition) is 7. The van der Waals surface area contributed by atoms with Crippen LogP contribution in [0, 0.1) is 0 Å². The molecular weight excluding hydrogens is 575 g/mol. The number of methoxy groups -OCH3 is 1. The zero-order valence-corrected chi connectivity index (χ0v) is 25.5. The third kappa shape index (κ3) is 6.28. The van der Waals surface area contributed by atoms with Crippen LogP contribution in [0.15, 0.2) is 66.7 Å². The summed E-state index contributed by atoms with van der Waals surface area (Å²) in [6, 6.07) is 20.3. The third-order valence-electron chi connectivity index (χ3n) is 7.80. The number of nitrogens with zero attached hydrogens (tertiary/aromatic N) is 2. The normalized spacial score (nSPS) is 22.8. The van der Waals surface area contributed by atoms with Crippen molar-refractivity contribution in [2.24, 2.45) is 0 Å². The van der Waals surface area contributed by atoms with Gasteiger partial charge in [0.05, 0.1) is 31.8 Å². The van der Waals surface area contributed by atoms with Crippen LogP contribution in [0.3, 0.4) is 0 Å². The molecule has 2 aliphatic rings. The number of piperazine rings is 1. The highest BCUT2D eigenvalue weighted by atomic mass is 35.5.